The SMILES string of the molecule is Nc1ccc(OCCSCCO)cc1Cl. The molecule has 0 amide bonds. The van der Waals surface area contributed by atoms with E-state index < -0.39 is 0 Å². The zero-order chi connectivity index (χ0) is 11.1. The fourth-order valence-electron chi connectivity index (χ4n) is 0.983. The molecule has 5 heteroatoms. The molecule has 3 nitrogen and oxygen atoms in total. The first-order chi connectivity index (χ1) is 7.24. The van der Waals surface area contributed by atoms with E-state index in [1.165, 1.54) is 0 Å². The number of aliphatic hydroxyl groups excluding tert-OH is 1. The number of aliphatic hydroxyl groups is 1. The van der Waals surface area contributed by atoms with Gasteiger partial charge in [-0.15, -0.1) is 0 Å². The molecule has 84 valence electrons. The third kappa shape index (κ3) is 4.64. The van der Waals surface area contributed by atoms with Crippen molar-refractivity contribution in [1.29, 1.82) is 0 Å². The minimum Gasteiger partial charge on any atom is -0.493 e. The lowest BCUT2D eigenvalue weighted by molar-refractivity contribution is 0.321. The van der Waals surface area contributed by atoms with E-state index in [1.807, 2.05) is 0 Å². The summed E-state index contributed by atoms with van der Waals surface area (Å²) in [6.45, 7) is 0.809. The maximum Gasteiger partial charge on any atom is 0.120 e. The van der Waals surface area contributed by atoms with Crippen molar-refractivity contribution >= 4 is 29.1 Å². The van der Waals surface area contributed by atoms with Crippen LogP contribution in [-0.2, 0) is 0 Å². The van der Waals surface area contributed by atoms with Crippen molar-refractivity contribution in [3.05, 3.63) is 23.2 Å². The van der Waals surface area contributed by atoms with Gasteiger partial charge < -0.3 is 15.6 Å². The standard InChI is InChI=1S/C10H14ClNO2S/c11-9-7-8(1-2-10(9)12)14-4-6-15-5-3-13/h1-2,7,13H,3-6,12H2. The second kappa shape index (κ2) is 6.82. The number of ether oxygens (including phenoxy) is 1. The average Bonchev–Trinajstić information content (AvgIpc) is 2.23. The molecule has 1 rings (SSSR count). The number of nitrogens with two attached hydrogens (primary N) is 1. The van der Waals surface area contributed by atoms with Gasteiger partial charge in [0.1, 0.15) is 5.75 Å². The third-order valence-corrected chi connectivity index (χ3v) is 2.96. The van der Waals surface area contributed by atoms with Gasteiger partial charge in [-0.25, -0.2) is 0 Å². The van der Waals surface area contributed by atoms with E-state index >= 15 is 0 Å². The van der Waals surface area contributed by atoms with Gasteiger partial charge in [-0.1, -0.05) is 11.6 Å². The lowest BCUT2D eigenvalue weighted by Crippen LogP contribution is -2.01. The molecule has 0 bridgehead atoms. The number of thioether (sulfide) groups is 1. The normalized spacial score (nSPS) is 10.3. The quantitative estimate of drug-likeness (QED) is 0.597. The largest absolute Gasteiger partial charge is 0.493 e. The summed E-state index contributed by atoms with van der Waals surface area (Å²) in [6, 6.07) is 5.21. The van der Waals surface area contributed by atoms with Gasteiger partial charge in [-0.3, -0.25) is 0 Å². The topological polar surface area (TPSA) is 55.5 Å². The van der Waals surface area contributed by atoms with Crippen molar-refractivity contribution in [2.24, 2.45) is 0 Å². The molecule has 0 radical (unpaired) electrons. The molecule has 0 heterocycles. The Morgan fingerprint density at radius 2 is 2.20 bits per heavy atom. The van der Waals surface area contributed by atoms with Crippen molar-refractivity contribution in [2.75, 3.05) is 30.5 Å². The zero-order valence-electron chi connectivity index (χ0n) is 8.28. The van der Waals surface area contributed by atoms with Crippen molar-refractivity contribution in [2.45, 2.75) is 0 Å². The monoisotopic (exact) mass is 247 g/mol. The van der Waals surface area contributed by atoms with E-state index in [2.05, 4.69) is 0 Å². The number of nitrogen functional groups attached to an aromatic ring is 1. The number of anilines is 1. The van der Waals surface area contributed by atoms with Gasteiger partial charge >= 0.3 is 0 Å². The van der Waals surface area contributed by atoms with Crippen LogP contribution in [0.1, 0.15) is 0 Å². The third-order valence-electron chi connectivity index (χ3n) is 1.70. The van der Waals surface area contributed by atoms with Crippen LogP contribution in [0.25, 0.3) is 0 Å². The molecule has 0 unspecified atom stereocenters. The Bertz CT molecular complexity index is 309. The van der Waals surface area contributed by atoms with Gasteiger partial charge in [0.15, 0.2) is 0 Å². The maximum atomic E-state index is 8.56. The summed E-state index contributed by atoms with van der Waals surface area (Å²) in [4.78, 5) is 0. The van der Waals surface area contributed by atoms with Crippen molar-refractivity contribution in [3.8, 4) is 5.75 Å². The Morgan fingerprint density at radius 3 is 2.87 bits per heavy atom. The lowest BCUT2D eigenvalue weighted by atomic mass is 10.3. The lowest BCUT2D eigenvalue weighted by Gasteiger charge is -2.06. The predicted octanol–water partition coefficient (Wildman–Crippen LogP) is 2.03. The average molecular weight is 248 g/mol. The maximum absolute atomic E-state index is 8.56. The Hall–Kier alpha value is -0.580. The molecule has 0 aliphatic rings. The number of benzene rings is 1. The van der Waals surface area contributed by atoms with E-state index in [0.29, 0.717) is 17.3 Å². The molecule has 0 aromatic heterocycles. The Labute approximate surface area is 98.6 Å². The molecule has 0 aliphatic carbocycles. The van der Waals surface area contributed by atoms with Crippen LogP contribution in [0.2, 0.25) is 5.02 Å². The first-order valence-electron chi connectivity index (χ1n) is 4.60. The van der Waals surface area contributed by atoms with Gasteiger partial charge in [0.2, 0.25) is 0 Å². The van der Waals surface area contributed by atoms with Crippen molar-refractivity contribution in [1.82, 2.24) is 0 Å². The Kier molecular flexibility index (Phi) is 5.68. The molecule has 0 spiro atoms. The van der Waals surface area contributed by atoms with Crippen LogP contribution in [-0.4, -0.2) is 29.8 Å². The van der Waals surface area contributed by atoms with Gasteiger partial charge in [-0.2, -0.15) is 11.8 Å². The van der Waals surface area contributed by atoms with Gasteiger partial charge in [0.05, 0.1) is 23.9 Å². The van der Waals surface area contributed by atoms with Gasteiger partial charge in [-0.05, 0) is 12.1 Å². The van der Waals surface area contributed by atoms with Crippen LogP contribution >= 0.6 is 23.4 Å². The number of hydrogen-bond acceptors (Lipinski definition) is 4. The Balaban J connectivity index is 2.28. The molecular formula is C10H14ClNO2S. The summed E-state index contributed by atoms with van der Waals surface area (Å²) >= 11 is 7.48. The molecule has 15 heavy (non-hydrogen) atoms. The molecule has 0 fully saturated rings. The van der Waals surface area contributed by atoms with Crippen molar-refractivity contribution < 1.29 is 9.84 Å². The van der Waals surface area contributed by atoms with Crippen LogP contribution in [0.15, 0.2) is 18.2 Å². The van der Waals surface area contributed by atoms with Crippen molar-refractivity contribution in [3.63, 3.8) is 0 Å². The minimum atomic E-state index is 0.207. The summed E-state index contributed by atoms with van der Waals surface area (Å²) in [5, 5.41) is 9.07. The van der Waals surface area contributed by atoms with Crippen LogP contribution in [0.4, 0.5) is 5.69 Å². The summed E-state index contributed by atoms with van der Waals surface area (Å²) in [5.74, 6) is 2.31. The summed E-state index contributed by atoms with van der Waals surface area (Å²) in [7, 11) is 0. The summed E-state index contributed by atoms with van der Waals surface area (Å²) < 4.78 is 5.45. The minimum absolute atomic E-state index is 0.207. The number of halogens is 1. The van der Waals surface area contributed by atoms with E-state index in [1.54, 1.807) is 30.0 Å². The van der Waals surface area contributed by atoms with E-state index in [-0.39, 0.29) is 6.61 Å². The molecule has 1 aromatic rings. The molecule has 1 aromatic carbocycles. The number of rotatable bonds is 6. The van der Waals surface area contributed by atoms with Crippen LogP contribution < -0.4 is 10.5 Å². The van der Waals surface area contributed by atoms with Gasteiger partial charge in [0, 0.05) is 17.6 Å². The Morgan fingerprint density at radius 1 is 1.40 bits per heavy atom. The van der Waals surface area contributed by atoms with Crippen LogP contribution in [0, 0.1) is 0 Å². The highest BCUT2D eigenvalue weighted by atomic mass is 35.5. The summed E-state index contributed by atoms with van der Waals surface area (Å²) in [5.41, 5.74) is 6.12. The van der Waals surface area contributed by atoms with E-state index in [9.17, 15) is 0 Å². The molecule has 3 N–H and O–H groups in total. The molecular weight excluding hydrogens is 234 g/mol. The summed E-state index contributed by atoms with van der Waals surface area (Å²) in [6.07, 6.45) is 0. The van der Waals surface area contributed by atoms with Gasteiger partial charge in [0.25, 0.3) is 0 Å². The fraction of sp³-hybridized carbons (Fsp3) is 0.400. The zero-order valence-corrected chi connectivity index (χ0v) is 9.85. The predicted molar refractivity (Wildman–Crippen MR) is 65.8 cm³/mol. The number of hydrogen-bond donors (Lipinski definition) is 2. The highest BCUT2D eigenvalue weighted by molar-refractivity contribution is 7.99. The smallest absolute Gasteiger partial charge is 0.120 e. The van der Waals surface area contributed by atoms with Crippen LogP contribution in [0.5, 0.6) is 5.75 Å². The molecule has 0 saturated carbocycles. The highest BCUT2D eigenvalue weighted by Gasteiger charge is 1.99. The second-order valence-electron chi connectivity index (χ2n) is 2.87. The fourth-order valence-corrected chi connectivity index (χ4v) is 1.69. The van der Waals surface area contributed by atoms with Crippen LogP contribution in [0.3, 0.4) is 0 Å². The van der Waals surface area contributed by atoms with E-state index in [4.69, 9.17) is 27.2 Å². The molecule has 0 saturated heterocycles. The first-order valence-corrected chi connectivity index (χ1v) is 6.13. The molecule has 0 aliphatic heterocycles. The highest BCUT2D eigenvalue weighted by Crippen LogP contribution is 2.24. The first kappa shape index (κ1) is 12.5. The van der Waals surface area contributed by atoms with E-state index in [0.717, 1.165) is 17.3 Å². The molecule has 0 atom stereocenters. The second-order valence-corrected chi connectivity index (χ2v) is 4.50.